The van der Waals surface area contributed by atoms with Crippen LogP contribution in [0.25, 0.3) is 0 Å². The molecule has 3 nitrogen and oxygen atoms in total. The minimum Gasteiger partial charge on any atom is -0.397 e. The molecule has 90 valence electrons. The van der Waals surface area contributed by atoms with Gasteiger partial charge in [0, 0.05) is 5.69 Å². The van der Waals surface area contributed by atoms with E-state index < -0.39 is 0 Å². The third-order valence-electron chi connectivity index (χ3n) is 2.84. The van der Waals surface area contributed by atoms with Crippen LogP contribution in [0.3, 0.4) is 0 Å². The van der Waals surface area contributed by atoms with E-state index in [0.29, 0.717) is 6.42 Å². The van der Waals surface area contributed by atoms with Crippen LogP contribution in [0.2, 0.25) is 0 Å². The summed E-state index contributed by atoms with van der Waals surface area (Å²) >= 11 is 0. The predicted octanol–water partition coefficient (Wildman–Crippen LogP) is 3.39. The standard InChI is InChI=1S/C15H15N3/c1-11-3-2-4-14(15(11)17)18-13-7-5-12(6-8-13)9-10-16/h2-8,18H,9,17H2,1H3. The molecule has 0 atom stereocenters. The number of nitriles is 1. The molecule has 2 aromatic rings. The monoisotopic (exact) mass is 237 g/mol. The van der Waals surface area contributed by atoms with E-state index >= 15 is 0 Å². The average molecular weight is 237 g/mol. The Morgan fingerprint density at radius 1 is 1.17 bits per heavy atom. The molecular formula is C15H15N3. The first-order chi connectivity index (χ1) is 8.70. The van der Waals surface area contributed by atoms with Crippen molar-refractivity contribution in [2.45, 2.75) is 13.3 Å². The summed E-state index contributed by atoms with van der Waals surface area (Å²) in [6.07, 6.45) is 0.437. The van der Waals surface area contributed by atoms with Crippen LogP contribution >= 0.6 is 0 Å². The van der Waals surface area contributed by atoms with Crippen LogP contribution in [0, 0.1) is 18.3 Å². The van der Waals surface area contributed by atoms with E-state index in [-0.39, 0.29) is 0 Å². The number of nitrogens with zero attached hydrogens (tertiary/aromatic N) is 1. The number of para-hydroxylation sites is 1. The minimum absolute atomic E-state index is 0.437. The molecule has 0 aromatic heterocycles. The van der Waals surface area contributed by atoms with Crippen LogP contribution in [0.5, 0.6) is 0 Å². The average Bonchev–Trinajstić information content (AvgIpc) is 2.38. The minimum atomic E-state index is 0.437. The van der Waals surface area contributed by atoms with Crippen molar-refractivity contribution >= 4 is 17.1 Å². The highest BCUT2D eigenvalue weighted by Crippen LogP contribution is 2.25. The quantitative estimate of drug-likeness (QED) is 0.804. The fraction of sp³-hybridized carbons (Fsp3) is 0.133. The smallest absolute Gasteiger partial charge is 0.0669 e. The zero-order valence-electron chi connectivity index (χ0n) is 10.3. The molecule has 0 spiro atoms. The van der Waals surface area contributed by atoms with Crippen molar-refractivity contribution in [1.29, 1.82) is 5.26 Å². The molecule has 0 saturated carbocycles. The molecule has 0 amide bonds. The van der Waals surface area contributed by atoms with Crippen LogP contribution in [-0.4, -0.2) is 0 Å². The first-order valence-electron chi connectivity index (χ1n) is 5.78. The summed E-state index contributed by atoms with van der Waals surface area (Å²) in [5.74, 6) is 0. The Bertz CT molecular complexity index is 580. The summed E-state index contributed by atoms with van der Waals surface area (Å²) in [6.45, 7) is 1.98. The zero-order valence-corrected chi connectivity index (χ0v) is 10.3. The van der Waals surface area contributed by atoms with Gasteiger partial charge < -0.3 is 11.1 Å². The molecular weight excluding hydrogens is 222 g/mol. The van der Waals surface area contributed by atoms with Crippen molar-refractivity contribution in [3.05, 3.63) is 53.6 Å². The number of nitrogens with one attached hydrogen (secondary N) is 1. The highest BCUT2D eigenvalue weighted by molar-refractivity contribution is 5.74. The first-order valence-corrected chi connectivity index (χ1v) is 5.78. The molecule has 2 aromatic carbocycles. The molecule has 2 rings (SSSR count). The maximum absolute atomic E-state index is 8.61. The van der Waals surface area contributed by atoms with E-state index in [4.69, 9.17) is 11.0 Å². The van der Waals surface area contributed by atoms with Crippen molar-refractivity contribution in [3.8, 4) is 6.07 Å². The van der Waals surface area contributed by atoms with E-state index in [1.165, 1.54) is 0 Å². The van der Waals surface area contributed by atoms with Gasteiger partial charge in [-0.2, -0.15) is 5.26 Å². The Morgan fingerprint density at radius 2 is 1.89 bits per heavy atom. The zero-order chi connectivity index (χ0) is 13.0. The van der Waals surface area contributed by atoms with Crippen LogP contribution in [-0.2, 0) is 6.42 Å². The van der Waals surface area contributed by atoms with E-state index in [1.807, 2.05) is 49.4 Å². The fourth-order valence-electron chi connectivity index (χ4n) is 1.74. The van der Waals surface area contributed by atoms with Crippen molar-refractivity contribution in [2.24, 2.45) is 0 Å². The summed E-state index contributed by atoms with van der Waals surface area (Å²) in [4.78, 5) is 0. The summed E-state index contributed by atoms with van der Waals surface area (Å²) in [5.41, 5.74) is 10.7. The molecule has 0 radical (unpaired) electrons. The SMILES string of the molecule is Cc1cccc(Nc2ccc(CC#N)cc2)c1N. The van der Waals surface area contributed by atoms with Gasteiger partial charge in [0.05, 0.1) is 23.9 Å². The lowest BCUT2D eigenvalue weighted by Gasteiger charge is -2.11. The maximum Gasteiger partial charge on any atom is 0.0669 e. The molecule has 0 aliphatic heterocycles. The second-order valence-electron chi connectivity index (χ2n) is 4.19. The van der Waals surface area contributed by atoms with Crippen molar-refractivity contribution in [1.82, 2.24) is 0 Å². The molecule has 3 heteroatoms. The number of aryl methyl sites for hydroxylation is 1. The Kier molecular flexibility index (Phi) is 3.49. The number of benzene rings is 2. The second kappa shape index (κ2) is 5.24. The van der Waals surface area contributed by atoms with E-state index in [0.717, 1.165) is 28.2 Å². The molecule has 0 saturated heterocycles. The summed E-state index contributed by atoms with van der Waals surface area (Å²) < 4.78 is 0. The van der Waals surface area contributed by atoms with Gasteiger partial charge in [-0.15, -0.1) is 0 Å². The highest BCUT2D eigenvalue weighted by atomic mass is 14.9. The molecule has 18 heavy (non-hydrogen) atoms. The van der Waals surface area contributed by atoms with Gasteiger partial charge in [0.2, 0.25) is 0 Å². The van der Waals surface area contributed by atoms with Gasteiger partial charge in [-0.05, 0) is 36.2 Å². The van der Waals surface area contributed by atoms with E-state index in [2.05, 4.69) is 11.4 Å². The number of hydrogen-bond donors (Lipinski definition) is 2. The van der Waals surface area contributed by atoms with Gasteiger partial charge in [-0.3, -0.25) is 0 Å². The lowest BCUT2D eigenvalue weighted by molar-refractivity contribution is 1.26. The number of anilines is 3. The Balaban J connectivity index is 2.19. The van der Waals surface area contributed by atoms with E-state index in [1.54, 1.807) is 0 Å². The summed E-state index contributed by atoms with van der Waals surface area (Å²) in [5, 5.41) is 11.9. The lowest BCUT2D eigenvalue weighted by atomic mass is 10.1. The van der Waals surface area contributed by atoms with E-state index in [9.17, 15) is 0 Å². The largest absolute Gasteiger partial charge is 0.397 e. The number of rotatable bonds is 3. The Morgan fingerprint density at radius 3 is 2.56 bits per heavy atom. The van der Waals surface area contributed by atoms with Gasteiger partial charge in [0.25, 0.3) is 0 Å². The van der Waals surface area contributed by atoms with Gasteiger partial charge in [-0.1, -0.05) is 24.3 Å². The maximum atomic E-state index is 8.61. The molecule has 0 bridgehead atoms. The Hall–Kier alpha value is -2.47. The molecule has 0 unspecified atom stereocenters. The van der Waals surface area contributed by atoms with Gasteiger partial charge in [-0.25, -0.2) is 0 Å². The van der Waals surface area contributed by atoms with Crippen LogP contribution in [0.15, 0.2) is 42.5 Å². The highest BCUT2D eigenvalue weighted by Gasteiger charge is 2.01. The van der Waals surface area contributed by atoms with Crippen molar-refractivity contribution in [3.63, 3.8) is 0 Å². The first kappa shape index (κ1) is 12.0. The third kappa shape index (κ3) is 2.61. The predicted molar refractivity (Wildman–Crippen MR) is 74.6 cm³/mol. The number of nitrogen functional groups attached to an aromatic ring is 1. The summed E-state index contributed by atoms with van der Waals surface area (Å²) in [6, 6.07) is 15.8. The van der Waals surface area contributed by atoms with Crippen molar-refractivity contribution < 1.29 is 0 Å². The van der Waals surface area contributed by atoms with Crippen molar-refractivity contribution in [2.75, 3.05) is 11.1 Å². The third-order valence-corrected chi connectivity index (χ3v) is 2.84. The fourth-order valence-corrected chi connectivity index (χ4v) is 1.74. The van der Waals surface area contributed by atoms with Crippen LogP contribution in [0.4, 0.5) is 17.1 Å². The number of nitrogens with two attached hydrogens (primary N) is 1. The van der Waals surface area contributed by atoms with Gasteiger partial charge in [0.15, 0.2) is 0 Å². The Labute approximate surface area is 107 Å². The molecule has 3 N–H and O–H groups in total. The normalized spacial score (nSPS) is 9.78. The van der Waals surface area contributed by atoms with Crippen LogP contribution < -0.4 is 11.1 Å². The lowest BCUT2D eigenvalue weighted by Crippen LogP contribution is -1.98. The molecule has 0 aliphatic rings. The van der Waals surface area contributed by atoms with Gasteiger partial charge >= 0.3 is 0 Å². The topological polar surface area (TPSA) is 61.8 Å². The molecule has 0 heterocycles. The van der Waals surface area contributed by atoms with Crippen LogP contribution in [0.1, 0.15) is 11.1 Å². The summed E-state index contributed by atoms with van der Waals surface area (Å²) in [7, 11) is 0. The second-order valence-corrected chi connectivity index (χ2v) is 4.19. The molecule has 0 fully saturated rings. The molecule has 0 aliphatic carbocycles. The van der Waals surface area contributed by atoms with Gasteiger partial charge in [0.1, 0.15) is 0 Å². The number of hydrogen-bond acceptors (Lipinski definition) is 3.